The second kappa shape index (κ2) is 9.39. The lowest BCUT2D eigenvalue weighted by Crippen LogP contribution is -2.38. The van der Waals surface area contributed by atoms with Crippen molar-refractivity contribution in [3.05, 3.63) is 48.0 Å². The van der Waals surface area contributed by atoms with Gasteiger partial charge in [0.1, 0.15) is 11.6 Å². The van der Waals surface area contributed by atoms with Crippen LogP contribution in [-0.4, -0.2) is 46.4 Å². The number of alkyl carbamates (subject to hydrolysis) is 1. The topological polar surface area (TPSA) is 87.6 Å². The summed E-state index contributed by atoms with van der Waals surface area (Å²) in [5, 5.41) is 14.2. The molecule has 0 radical (unpaired) electrons. The third-order valence-electron chi connectivity index (χ3n) is 5.13. The lowest BCUT2D eigenvalue weighted by molar-refractivity contribution is 0.113. The van der Waals surface area contributed by atoms with E-state index in [2.05, 4.69) is 10.2 Å². The number of rotatable bonds is 4. The molecule has 0 spiro atoms. The normalized spacial score (nSPS) is 15.7. The summed E-state index contributed by atoms with van der Waals surface area (Å²) in [6.45, 7) is 7.07. The highest BCUT2D eigenvalue weighted by atomic mass is 35.5. The lowest BCUT2D eigenvalue weighted by atomic mass is 10.1. The van der Waals surface area contributed by atoms with Gasteiger partial charge in [-0.05, 0) is 57.0 Å². The molecule has 1 fully saturated rings. The van der Waals surface area contributed by atoms with Crippen molar-refractivity contribution in [2.75, 3.05) is 18.0 Å². The number of nitrogens with one attached hydrogen (secondary N) is 1. The van der Waals surface area contributed by atoms with Crippen molar-refractivity contribution in [1.29, 1.82) is 0 Å². The maximum atomic E-state index is 12.0. The number of anilines is 1. The molecule has 3 aromatic rings. The van der Waals surface area contributed by atoms with Gasteiger partial charge in [-0.25, -0.2) is 14.8 Å². The molecule has 4 rings (SSSR count). The predicted octanol–water partition coefficient (Wildman–Crippen LogP) is 4.45. The molecule has 0 bridgehead atoms. The molecule has 1 aliphatic rings. The molecule has 0 saturated carbocycles. The van der Waals surface area contributed by atoms with Crippen LogP contribution in [0.25, 0.3) is 22.3 Å². The van der Waals surface area contributed by atoms with Gasteiger partial charge in [-0.3, -0.25) is 0 Å². The summed E-state index contributed by atoms with van der Waals surface area (Å²) in [6, 6.07) is 13.2. The summed E-state index contributed by atoms with van der Waals surface area (Å²) < 4.78 is 5.20. The van der Waals surface area contributed by atoms with Crippen LogP contribution in [0, 0.1) is 6.92 Å². The Balaban J connectivity index is 0.00000272. The van der Waals surface area contributed by atoms with Crippen LogP contribution in [0.3, 0.4) is 0 Å². The summed E-state index contributed by atoms with van der Waals surface area (Å²) >= 11 is 0. The molecule has 31 heavy (non-hydrogen) atoms. The molecule has 8 heteroatoms. The first-order chi connectivity index (χ1) is 14.4. The fourth-order valence-corrected chi connectivity index (χ4v) is 3.73. The van der Waals surface area contributed by atoms with Crippen LogP contribution in [0.5, 0.6) is 5.75 Å². The largest absolute Gasteiger partial charge is 0.507 e. The molecule has 0 unspecified atom stereocenters. The van der Waals surface area contributed by atoms with Gasteiger partial charge in [0.2, 0.25) is 0 Å². The van der Waals surface area contributed by atoms with Crippen molar-refractivity contribution in [3.8, 4) is 17.1 Å². The number of aromatic nitrogens is 2. The van der Waals surface area contributed by atoms with Crippen LogP contribution in [-0.2, 0) is 4.74 Å². The highest BCUT2D eigenvalue weighted by Crippen LogP contribution is 2.33. The minimum absolute atomic E-state index is 0. The molecule has 1 aliphatic heterocycles. The summed E-state index contributed by atoms with van der Waals surface area (Å²) in [4.78, 5) is 23.7. The smallest absolute Gasteiger partial charge is 0.407 e. The zero-order chi connectivity index (χ0) is 21.3. The number of phenols is 1. The van der Waals surface area contributed by atoms with Crippen LogP contribution >= 0.6 is 12.4 Å². The Morgan fingerprint density at radius 1 is 1.23 bits per heavy atom. The van der Waals surface area contributed by atoms with Crippen molar-refractivity contribution in [1.82, 2.24) is 15.3 Å². The summed E-state index contributed by atoms with van der Waals surface area (Å²) in [6.07, 6.45) is 0.254. The number of para-hydroxylation sites is 1. The minimum atomic E-state index is -0.394. The van der Waals surface area contributed by atoms with Gasteiger partial charge in [0.25, 0.3) is 0 Å². The maximum absolute atomic E-state index is 12.0. The van der Waals surface area contributed by atoms with Gasteiger partial charge in [0, 0.05) is 18.5 Å². The number of aryl methyl sites for hydroxylation is 1. The van der Waals surface area contributed by atoms with Gasteiger partial charge in [-0.15, -0.1) is 12.4 Å². The van der Waals surface area contributed by atoms with Crippen molar-refractivity contribution in [3.63, 3.8) is 0 Å². The molecule has 1 aromatic heterocycles. The Morgan fingerprint density at radius 3 is 2.74 bits per heavy atom. The number of fused-ring (bicyclic) bond motifs is 1. The van der Waals surface area contributed by atoms with Crippen LogP contribution in [0.15, 0.2) is 42.5 Å². The van der Waals surface area contributed by atoms with Crippen LogP contribution in [0.1, 0.15) is 25.8 Å². The zero-order valence-electron chi connectivity index (χ0n) is 17.8. The lowest BCUT2D eigenvalue weighted by Gasteiger charge is -2.21. The number of nitrogens with zero attached hydrogens (tertiary/aromatic N) is 3. The molecule has 164 valence electrons. The third-order valence-corrected chi connectivity index (χ3v) is 5.13. The predicted molar refractivity (Wildman–Crippen MR) is 124 cm³/mol. The van der Waals surface area contributed by atoms with Crippen LogP contribution < -0.4 is 10.2 Å². The van der Waals surface area contributed by atoms with Gasteiger partial charge >= 0.3 is 6.09 Å². The first-order valence-corrected chi connectivity index (χ1v) is 10.2. The Bertz CT molecular complexity index is 1090. The molecule has 2 aromatic carbocycles. The quantitative estimate of drug-likeness (QED) is 0.620. The molecule has 2 N–H and O–H groups in total. The zero-order valence-corrected chi connectivity index (χ0v) is 18.6. The van der Waals surface area contributed by atoms with E-state index in [0.29, 0.717) is 17.9 Å². The number of hydrogen-bond acceptors (Lipinski definition) is 6. The van der Waals surface area contributed by atoms with E-state index in [4.69, 9.17) is 14.7 Å². The summed E-state index contributed by atoms with van der Waals surface area (Å²) in [7, 11) is 0. The van der Waals surface area contributed by atoms with Gasteiger partial charge in [0.05, 0.1) is 23.2 Å². The third kappa shape index (κ3) is 4.99. The van der Waals surface area contributed by atoms with E-state index in [1.807, 2.05) is 51.1 Å². The van der Waals surface area contributed by atoms with Gasteiger partial charge in [-0.2, -0.15) is 0 Å². The summed E-state index contributed by atoms with van der Waals surface area (Å²) in [5.74, 6) is 1.43. The molecule has 7 nitrogen and oxygen atoms in total. The number of ether oxygens (including phenoxy) is 1. The minimum Gasteiger partial charge on any atom is -0.507 e. The number of carbonyl (C=O) groups is 1. The second-order valence-electron chi connectivity index (χ2n) is 7.94. The number of hydrogen-bond donors (Lipinski definition) is 2. The van der Waals surface area contributed by atoms with Crippen molar-refractivity contribution in [2.45, 2.75) is 39.3 Å². The van der Waals surface area contributed by atoms with E-state index in [0.717, 1.165) is 35.2 Å². The first-order valence-electron chi connectivity index (χ1n) is 10.2. The average Bonchev–Trinajstić information content (AvgIpc) is 3.14. The number of aromatic hydroxyl groups is 1. The summed E-state index contributed by atoms with van der Waals surface area (Å²) in [5.41, 5.74) is 2.53. The van der Waals surface area contributed by atoms with E-state index in [-0.39, 0.29) is 30.3 Å². The number of amides is 1. The number of halogens is 1. The van der Waals surface area contributed by atoms with Gasteiger partial charge in [-0.1, -0.05) is 18.2 Å². The Kier molecular flexibility index (Phi) is 6.85. The Morgan fingerprint density at radius 2 is 2.00 bits per heavy atom. The molecule has 2 heterocycles. The Hall–Kier alpha value is -3.06. The molecule has 1 saturated heterocycles. The fourth-order valence-electron chi connectivity index (χ4n) is 3.73. The molecular formula is C23H27ClN4O3. The van der Waals surface area contributed by atoms with Gasteiger partial charge in [0.15, 0.2) is 5.82 Å². The van der Waals surface area contributed by atoms with E-state index in [9.17, 15) is 9.90 Å². The Labute approximate surface area is 187 Å². The maximum Gasteiger partial charge on any atom is 0.407 e. The highest BCUT2D eigenvalue weighted by Gasteiger charge is 2.27. The number of carbonyl (C=O) groups excluding carboxylic acids is 1. The number of benzene rings is 2. The van der Waals surface area contributed by atoms with E-state index in [1.165, 1.54) is 0 Å². The highest BCUT2D eigenvalue weighted by molar-refractivity contribution is 5.92. The van der Waals surface area contributed by atoms with Crippen molar-refractivity contribution >= 4 is 35.2 Å². The average molecular weight is 443 g/mol. The van der Waals surface area contributed by atoms with Crippen LogP contribution in [0.4, 0.5) is 10.6 Å². The van der Waals surface area contributed by atoms with Crippen molar-refractivity contribution in [2.24, 2.45) is 0 Å². The molecule has 1 atom stereocenters. The van der Waals surface area contributed by atoms with Gasteiger partial charge < -0.3 is 20.1 Å². The van der Waals surface area contributed by atoms with E-state index < -0.39 is 6.09 Å². The van der Waals surface area contributed by atoms with E-state index in [1.54, 1.807) is 12.1 Å². The molecule has 1 amide bonds. The molecular weight excluding hydrogens is 416 g/mol. The fraction of sp³-hybridized carbons (Fsp3) is 0.348. The first kappa shape index (κ1) is 22.6. The van der Waals surface area contributed by atoms with E-state index >= 15 is 0 Å². The van der Waals surface area contributed by atoms with Crippen LogP contribution in [0.2, 0.25) is 0 Å². The monoisotopic (exact) mass is 442 g/mol. The second-order valence-corrected chi connectivity index (χ2v) is 7.94. The number of phenolic OH excluding ortho intramolecular Hbond substituents is 1. The SMILES string of the molecule is Cc1ccc2c(N3CC[C@@H](NC(=O)OC(C)C)C3)nc(-c3ccccc3O)nc2c1.Cl. The standard InChI is InChI=1S/C23H26N4O3.ClH/c1-14(2)30-23(29)24-16-10-11-27(13-16)22-17-9-8-15(3)12-19(17)25-21(26-22)18-6-4-5-7-20(18)28;/h4-9,12,14,16,28H,10-11,13H2,1-3H3,(H,24,29);1H/t16-;/m1./s1. The van der Waals surface area contributed by atoms with Crippen molar-refractivity contribution < 1.29 is 14.6 Å². The molecule has 0 aliphatic carbocycles.